The molecule has 5 aliphatic rings. The maximum Gasteiger partial charge on any atom is 0.239 e. The van der Waals surface area contributed by atoms with Crippen molar-refractivity contribution in [3.63, 3.8) is 0 Å². The number of hydrogen-bond donors (Lipinski definition) is 2. The molecule has 0 atom stereocenters. The third-order valence-corrected chi connectivity index (χ3v) is 8.58. The predicted octanol–water partition coefficient (Wildman–Crippen LogP) is 4.01. The van der Waals surface area contributed by atoms with Crippen LogP contribution in [0.1, 0.15) is 75.3 Å². The van der Waals surface area contributed by atoms with Crippen molar-refractivity contribution in [3.8, 4) is 0 Å². The Morgan fingerprint density at radius 2 is 1.47 bits per heavy atom. The number of nitrogens with one attached hydrogen (secondary N) is 2. The van der Waals surface area contributed by atoms with Crippen LogP contribution < -0.4 is 10.6 Å². The summed E-state index contributed by atoms with van der Waals surface area (Å²) in [7, 11) is 0. The van der Waals surface area contributed by atoms with Crippen molar-refractivity contribution in [2.24, 2.45) is 23.2 Å². The van der Waals surface area contributed by atoms with Crippen molar-refractivity contribution < 1.29 is 9.59 Å². The van der Waals surface area contributed by atoms with Crippen LogP contribution in [0.5, 0.6) is 0 Å². The normalized spacial score (nSPS) is 31.4. The number of hydrogen-bond acceptors (Lipinski definition) is 3. The van der Waals surface area contributed by atoms with E-state index >= 15 is 0 Å². The summed E-state index contributed by atoms with van der Waals surface area (Å²) >= 11 is 0. The highest BCUT2D eigenvalue weighted by molar-refractivity contribution is 5.85. The van der Waals surface area contributed by atoms with Gasteiger partial charge in [0.15, 0.2) is 0 Å². The van der Waals surface area contributed by atoms with E-state index in [1.54, 1.807) is 0 Å². The van der Waals surface area contributed by atoms with Crippen LogP contribution >= 0.6 is 0 Å². The minimum absolute atomic E-state index is 0.0626. The molecule has 1 heterocycles. The molecule has 0 aromatic heterocycles. The third kappa shape index (κ3) is 5.19. The second-order valence-corrected chi connectivity index (χ2v) is 11.3. The van der Waals surface area contributed by atoms with Gasteiger partial charge in [-0.1, -0.05) is 30.7 Å². The van der Waals surface area contributed by atoms with Crippen LogP contribution in [0.3, 0.4) is 0 Å². The quantitative estimate of drug-likeness (QED) is 0.646. The van der Waals surface area contributed by atoms with E-state index in [2.05, 4.69) is 33.7 Å². The lowest BCUT2D eigenvalue weighted by Crippen LogP contribution is -2.48. The van der Waals surface area contributed by atoms with E-state index in [1.165, 1.54) is 68.9 Å². The van der Waals surface area contributed by atoms with Crippen LogP contribution in [0.25, 0.3) is 0 Å². The largest absolute Gasteiger partial charge is 0.350 e. The fourth-order valence-corrected chi connectivity index (χ4v) is 7.59. The second-order valence-electron chi connectivity index (χ2n) is 11.3. The molecule has 2 N–H and O–H groups in total. The van der Waals surface area contributed by atoms with E-state index in [1.807, 2.05) is 6.07 Å². The summed E-state index contributed by atoms with van der Waals surface area (Å²) in [6.07, 6.45) is 12.4. The highest BCUT2D eigenvalue weighted by atomic mass is 16.2. The Hall–Kier alpha value is -1.88. The summed E-state index contributed by atoms with van der Waals surface area (Å²) in [6.45, 7) is 3.88. The Bertz CT molecular complexity index is 795. The molecular formula is C27H39N3O2. The number of carbonyl (C=O) groups is 2. The Labute approximate surface area is 192 Å². The maximum atomic E-state index is 12.7. The number of rotatable bonds is 8. The van der Waals surface area contributed by atoms with Crippen LogP contribution in [-0.4, -0.2) is 36.3 Å². The molecule has 6 rings (SSSR count). The molecule has 4 bridgehead atoms. The summed E-state index contributed by atoms with van der Waals surface area (Å²) < 4.78 is 0. The maximum absolute atomic E-state index is 12.7. The van der Waals surface area contributed by atoms with Crippen LogP contribution in [0.4, 0.5) is 0 Å². The minimum atomic E-state index is -0.100. The molecule has 0 unspecified atom stereocenters. The monoisotopic (exact) mass is 437 g/mol. The molecule has 5 nitrogen and oxygen atoms in total. The summed E-state index contributed by atoms with van der Waals surface area (Å²) in [6, 6.07) is 8.39. The molecule has 4 saturated carbocycles. The molecule has 5 fully saturated rings. The molecule has 0 spiro atoms. The summed E-state index contributed by atoms with van der Waals surface area (Å²) in [5.74, 6) is 2.51. The standard InChI is InChI=1S/C27H39N3O2/c31-25(16-27-13-20-10-21(14-27)12-22(11-20)15-27)29-18-26(32)28-17-23-6-2-3-7-24(23)19-30-8-4-1-5-9-30/h2-3,6-7,20-22H,1,4-5,8-19H2,(H,28,32)(H,29,31). The fraction of sp³-hybridized carbons (Fsp3) is 0.704. The van der Waals surface area contributed by atoms with Crippen molar-refractivity contribution in [2.75, 3.05) is 19.6 Å². The SMILES string of the molecule is O=C(CNC(=O)CC12CC3CC(CC(C3)C1)C2)NCc1ccccc1CN1CCCCC1. The third-order valence-electron chi connectivity index (χ3n) is 8.58. The number of nitrogens with zero attached hydrogens (tertiary/aromatic N) is 1. The second kappa shape index (κ2) is 9.54. The van der Waals surface area contributed by atoms with Gasteiger partial charge in [-0.15, -0.1) is 0 Å². The van der Waals surface area contributed by atoms with Gasteiger partial charge in [0.05, 0.1) is 6.54 Å². The van der Waals surface area contributed by atoms with Gasteiger partial charge in [0.25, 0.3) is 0 Å². The molecule has 0 radical (unpaired) electrons. The molecular weight excluding hydrogens is 398 g/mol. The molecule has 1 aromatic carbocycles. The van der Waals surface area contributed by atoms with E-state index in [0.717, 1.165) is 37.4 Å². The first-order valence-electron chi connectivity index (χ1n) is 12.9. The molecule has 2 amide bonds. The summed E-state index contributed by atoms with van der Waals surface area (Å²) in [4.78, 5) is 27.6. The first-order valence-corrected chi connectivity index (χ1v) is 12.9. The van der Waals surface area contributed by atoms with Gasteiger partial charge in [0.2, 0.25) is 11.8 Å². The average molecular weight is 438 g/mol. The summed E-state index contributed by atoms with van der Waals surface area (Å²) in [5, 5.41) is 5.93. The van der Waals surface area contributed by atoms with Crippen LogP contribution in [0.2, 0.25) is 0 Å². The highest BCUT2D eigenvalue weighted by Crippen LogP contribution is 2.61. The average Bonchev–Trinajstić information content (AvgIpc) is 2.76. The van der Waals surface area contributed by atoms with Crippen molar-refractivity contribution in [3.05, 3.63) is 35.4 Å². The Kier molecular flexibility index (Phi) is 6.54. The number of piperidine rings is 1. The zero-order valence-electron chi connectivity index (χ0n) is 19.4. The molecule has 32 heavy (non-hydrogen) atoms. The van der Waals surface area contributed by atoms with Gasteiger partial charge in [0.1, 0.15) is 0 Å². The van der Waals surface area contributed by atoms with Gasteiger partial charge in [-0.3, -0.25) is 14.5 Å². The highest BCUT2D eigenvalue weighted by Gasteiger charge is 2.51. The Morgan fingerprint density at radius 3 is 2.12 bits per heavy atom. The number of benzene rings is 1. The van der Waals surface area contributed by atoms with E-state index in [9.17, 15) is 9.59 Å². The topological polar surface area (TPSA) is 61.4 Å². The van der Waals surface area contributed by atoms with E-state index < -0.39 is 0 Å². The van der Waals surface area contributed by atoms with Crippen LogP contribution in [-0.2, 0) is 22.7 Å². The smallest absolute Gasteiger partial charge is 0.239 e. The lowest BCUT2D eigenvalue weighted by Gasteiger charge is -2.56. The number of likely N-dealkylation sites (tertiary alicyclic amines) is 1. The lowest BCUT2D eigenvalue weighted by molar-refractivity contribution is -0.131. The number of amides is 2. The zero-order chi connectivity index (χ0) is 22.0. The predicted molar refractivity (Wildman–Crippen MR) is 126 cm³/mol. The zero-order valence-corrected chi connectivity index (χ0v) is 19.4. The molecule has 1 aromatic rings. The molecule has 174 valence electrons. The molecule has 4 aliphatic carbocycles. The van der Waals surface area contributed by atoms with E-state index in [4.69, 9.17) is 0 Å². The lowest BCUT2D eigenvalue weighted by atomic mass is 9.49. The van der Waals surface area contributed by atoms with Crippen molar-refractivity contribution in [1.82, 2.24) is 15.5 Å². The van der Waals surface area contributed by atoms with Crippen LogP contribution in [0.15, 0.2) is 24.3 Å². The van der Waals surface area contributed by atoms with Crippen molar-refractivity contribution >= 4 is 11.8 Å². The minimum Gasteiger partial charge on any atom is -0.350 e. The van der Waals surface area contributed by atoms with Gasteiger partial charge in [-0.05, 0) is 98.8 Å². The van der Waals surface area contributed by atoms with Gasteiger partial charge >= 0.3 is 0 Å². The van der Waals surface area contributed by atoms with E-state index in [0.29, 0.717) is 13.0 Å². The first-order chi connectivity index (χ1) is 15.6. The van der Waals surface area contributed by atoms with Crippen molar-refractivity contribution in [2.45, 2.75) is 77.3 Å². The molecule has 1 saturated heterocycles. The van der Waals surface area contributed by atoms with Gasteiger partial charge in [-0.2, -0.15) is 0 Å². The van der Waals surface area contributed by atoms with E-state index in [-0.39, 0.29) is 23.8 Å². The first kappa shape index (κ1) is 21.9. The van der Waals surface area contributed by atoms with Crippen molar-refractivity contribution in [1.29, 1.82) is 0 Å². The molecule has 5 heteroatoms. The van der Waals surface area contributed by atoms with Gasteiger partial charge in [-0.25, -0.2) is 0 Å². The Balaban J connectivity index is 1.07. The van der Waals surface area contributed by atoms with Gasteiger partial charge < -0.3 is 10.6 Å². The fourth-order valence-electron chi connectivity index (χ4n) is 7.59. The molecule has 1 aliphatic heterocycles. The summed E-state index contributed by atoms with van der Waals surface area (Å²) in [5.41, 5.74) is 2.69. The van der Waals surface area contributed by atoms with Crippen LogP contribution in [0, 0.1) is 23.2 Å². The number of carbonyl (C=O) groups excluding carboxylic acids is 2. The van der Waals surface area contributed by atoms with Gasteiger partial charge in [0, 0.05) is 19.5 Å². The Morgan fingerprint density at radius 1 is 0.844 bits per heavy atom.